The lowest BCUT2D eigenvalue weighted by molar-refractivity contribution is -0.116. The number of aromatic nitrogens is 2. The second-order valence-electron chi connectivity index (χ2n) is 6.72. The zero-order valence-corrected chi connectivity index (χ0v) is 20.0. The molecular weight excluding hydrogens is 475 g/mol. The van der Waals surface area contributed by atoms with Gasteiger partial charge in [0.2, 0.25) is 19.1 Å². The number of amides is 1. The number of carbonyl (C=O) groups is 2. The molecule has 0 bridgehead atoms. The van der Waals surface area contributed by atoms with Crippen molar-refractivity contribution in [3.63, 3.8) is 0 Å². The fourth-order valence-corrected chi connectivity index (χ4v) is 4.08. The number of nitrogens with zero attached hydrogens (tertiary/aromatic N) is 3. The first-order valence-electron chi connectivity index (χ1n) is 9.31. The molecule has 9 nitrogen and oxygen atoms in total. The van der Waals surface area contributed by atoms with Crippen molar-refractivity contribution in [1.29, 1.82) is 0 Å². The first-order valence-corrected chi connectivity index (χ1v) is 12.3. The Morgan fingerprint density at radius 1 is 1.44 bits per heavy atom. The number of anilines is 1. The summed E-state index contributed by atoms with van der Waals surface area (Å²) in [7, 11) is -3.70. The molecule has 1 heterocycles. The van der Waals surface area contributed by atoms with E-state index in [2.05, 4.69) is 16.3 Å². The van der Waals surface area contributed by atoms with Crippen LogP contribution in [0.4, 0.5) is 5.82 Å². The number of benzene rings is 1. The third kappa shape index (κ3) is 8.05. The van der Waals surface area contributed by atoms with Crippen LogP contribution in [0.2, 0.25) is 5.02 Å². The van der Waals surface area contributed by atoms with Gasteiger partial charge >= 0.3 is 0 Å². The van der Waals surface area contributed by atoms with Gasteiger partial charge in [-0.1, -0.05) is 23.7 Å². The van der Waals surface area contributed by atoms with Crippen molar-refractivity contribution in [2.45, 2.75) is 26.8 Å². The number of nitrogen functional groups attached to an aromatic ring is 1. The summed E-state index contributed by atoms with van der Waals surface area (Å²) in [5.74, 6) is 0.751. The Morgan fingerprint density at radius 2 is 2.16 bits per heavy atom. The van der Waals surface area contributed by atoms with Crippen molar-refractivity contribution >= 4 is 54.6 Å². The highest BCUT2D eigenvalue weighted by molar-refractivity contribution is 8.17. The molecule has 1 aromatic carbocycles. The van der Waals surface area contributed by atoms with E-state index in [1.54, 1.807) is 32.0 Å². The highest BCUT2D eigenvalue weighted by Crippen LogP contribution is 2.37. The van der Waals surface area contributed by atoms with Gasteiger partial charge in [0.05, 0.1) is 13.2 Å². The maximum absolute atomic E-state index is 12.8. The van der Waals surface area contributed by atoms with Crippen LogP contribution in [0.5, 0.6) is 0 Å². The molecule has 12 heteroatoms. The Morgan fingerprint density at radius 3 is 2.75 bits per heavy atom. The predicted octanol–water partition coefficient (Wildman–Crippen LogP) is 3.37. The highest BCUT2D eigenvalue weighted by atomic mass is 35.5. The van der Waals surface area contributed by atoms with Crippen LogP contribution in [0.15, 0.2) is 41.1 Å². The Hall–Kier alpha value is -2.20. The summed E-state index contributed by atoms with van der Waals surface area (Å²) in [6, 6.07) is 6.48. The van der Waals surface area contributed by atoms with Gasteiger partial charge in [-0.2, -0.15) is 0 Å². The molecule has 0 fully saturated rings. The van der Waals surface area contributed by atoms with Crippen LogP contribution < -0.4 is 5.73 Å². The number of thioether (sulfide) groups is 1. The van der Waals surface area contributed by atoms with Crippen LogP contribution in [0, 0.1) is 6.92 Å². The molecule has 1 amide bonds. The molecule has 0 aliphatic heterocycles. The van der Waals surface area contributed by atoms with Crippen LogP contribution in [0.1, 0.15) is 35.1 Å². The van der Waals surface area contributed by atoms with Crippen LogP contribution in [0.3, 0.4) is 0 Å². The van der Waals surface area contributed by atoms with Crippen LogP contribution in [0.25, 0.3) is 0 Å². The number of hydrogen-bond acceptors (Lipinski definition) is 9. The van der Waals surface area contributed by atoms with Gasteiger partial charge < -0.3 is 24.9 Å². The van der Waals surface area contributed by atoms with E-state index >= 15 is 0 Å². The topological polar surface area (TPSA) is 139 Å². The number of halogens is 1. The van der Waals surface area contributed by atoms with Gasteiger partial charge in [0.25, 0.3) is 0 Å². The van der Waals surface area contributed by atoms with Crippen molar-refractivity contribution in [3.8, 4) is 0 Å². The van der Waals surface area contributed by atoms with E-state index in [0.717, 1.165) is 11.8 Å². The van der Waals surface area contributed by atoms with Crippen LogP contribution in [-0.2, 0) is 15.9 Å². The van der Waals surface area contributed by atoms with Crippen LogP contribution in [-0.4, -0.2) is 49.1 Å². The summed E-state index contributed by atoms with van der Waals surface area (Å²) >= 11 is 6.87. The standard InChI is InChI=1S/C20H24ClN4O5PS/c1-13(25(12-26)11-16-10-23-14(2)24-19(16)22)18(7-8-30-31(3,28)29)32-20(27)15-5-4-6-17(21)9-15/h4-6,9-10,12,28-29H,3,7-8,11H2,1-2H3,(H2,22,23,24)/b18-13-. The maximum Gasteiger partial charge on any atom is 0.245 e. The van der Waals surface area contributed by atoms with Gasteiger partial charge in [0.15, 0.2) is 0 Å². The molecule has 0 radical (unpaired) electrons. The van der Waals surface area contributed by atoms with Crippen molar-refractivity contribution < 1.29 is 23.9 Å². The molecule has 0 atom stereocenters. The normalized spacial score (nSPS) is 12.3. The van der Waals surface area contributed by atoms with Crippen molar-refractivity contribution in [2.24, 2.45) is 0 Å². The molecule has 4 N–H and O–H groups in total. The molecule has 0 aliphatic carbocycles. The first kappa shape index (κ1) is 26.1. The summed E-state index contributed by atoms with van der Waals surface area (Å²) in [6.45, 7) is 3.34. The highest BCUT2D eigenvalue weighted by Gasteiger charge is 2.19. The summed E-state index contributed by atoms with van der Waals surface area (Å²) in [6.07, 6.45) is 5.43. The Balaban J connectivity index is 2.33. The smallest absolute Gasteiger partial charge is 0.245 e. The molecule has 1 aromatic heterocycles. The van der Waals surface area contributed by atoms with E-state index in [1.807, 2.05) is 0 Å². The van der Waals surface area contributed by atoms with Crippen molar-refractivity contribution in [3.05, 3.63) is 63.0 Å². The molecule has 2 rings (SSSR count). The van der Waals surface area contributed by atoms with E-state index in [9.17, 15) is 19.4 Å². The number of nitrogens with two attached hydrogens (primary N) is 1. The summed E-state index contributed by atoms with van der Waals surface area (Å²) in [5.41, 5.74) is 7.32. The number of allylic oxidation sites excluding steroid dienone is 1. The lowest BCUT2D eigenvalue weighted by Gasteiger charge is -2.22. The minimum atomic E-state index is -3.70. The van der Waals surface area contributed by atoms with Gasteiger partial charge in [-0.25, -0.2) is 9.97 Å². The zero-order chi connectivity index (χ0) is 23.9. The SMILES string of the molecule is C=P(O)(O)OCC/C(SC(=O)c1cccc(Cl)c1)=C(\C)N(C=O)Cc1cnc(C)nc1N. The van der Waals surface area contributed by atoms with E-state index in [0.29, 0.717) is 39.0 Å². The van der Waals surface area contributed by atoms with Gasteiger partial charge in [0, 0.05) is 39.4 Å². The average molecular weight is 499 g/mol. The van der Waals surface area contributed by atoms with Crippen LogP contribution >= 0.6 is 30.9 Å². The number of hydrogen-bond donors (Lipinski definition) is 3. The first-order chi connectivity index (χ1) is 15.0. The molecule has 0 aliphatic rings. The Labute approximate surface area is 195 Å². The third-order valence-electron chi connectivity index (χ3n) is 4.22. The quantitative estimate of drug-likeness (QED) is 0.332. The lowest BCUT2D eigenvalue weighted by atomic mass is 10.2. The second kappa shape index (κ2) is 11.6. The Kier molecular flexibility index (Phi) is 9.45. The minimum absolute atomic E-state index is 0.0873. The average Bonchev–Trinajstić information content (AvgIpc) is 2.71. The minimum Gasteiger partial charge on any atom is -0.383 e. The van der Waals surface area contributed by atoms with Gasteiger partial charge in [-0.15, -0.1) is 0 Å². The molecule has 2 aromatic rings. The molecule has 172 valence electrons. The summed E-state index contributed by atoms with van der Waals surface area (Å²) in [4.78, 5) is 53.5. The van der Waals surface area contributed by atoms with E-state index in [-0.39, 0.29) is 30.5 Å². The monoisotopic (exact) mass is 498 g/mol. The molecule has 0 spiro atoms. The molecule has 0 saturated carbocycles. The lowest BCUT2D eigenvalue weighted by Crippen LogP contribution is -2.22. The third-order valence-corrected chi connectivity index (χ3v) is 6.22. The molecule has 0 unspecified atom stereocenters. The summed E-state index contributed by atoms with van der Waals surface area (Å²) < 4.78 is 4.96. The fraction of sp³-hybridized carbons (Fsp3) is 0.250. The van der Waals surface area contributed by atoms with Crippen molar-refractivity contribution in [2.75, 3.05) is 12.3 Å². The van der Waals surface area contributed by atoms with Gasteiger partial charge in [-0.05, 0) is 44.0 Å². The summed E-state index contributed by atoms with van der Waals surface area (Å²) in [5, 5.41) is 0.119. The molecular formula is C20H24ClN4O5PS. The molecule has 0 saturated heterocycles. The number of rotatable bonds is 10. The largest absolute Gasteiger partial charge is 0.383 e. The van der Waals surface area contributed by atoms with E-state index in [4.69, 9.17) is 21.9 Å². The maximum atomic E-state index is 12.8. The number of aryl methyl sites for hydroxylation is 1. The van der Waals surface area contributed by atoms with E-state index < -0.39 is 7.57 Å². The van der Waals surface area contributed by atoms with Gasteiger partial charge in [-0.3, -0.25) is 9.59 Å². The second-order valence-corrected chi connectivity index (χ2v) is 9.81. The predicted molar refractivity (Wildman–Crippen MR) is 128 cm³/mol. The zero-order valence-electron chi connectivity index (χ0n) is 17.6. The van der Waals surface area contributed by atoms with Crippen molar-refractivity contribution in [1.82, 2.24) is 14.9 Å². The van der Waals surface area contributed by atoms with Gasteiger partial charge in [0.1, 0.15) is 11.6 Å². The molecule has 32 heavy (non-hydrogen) atoms. The van der Waals surface area contributed by atoms with E-state index in [1.165, 1.54) is 17.2 Å². The fourth-order valence-electron chi connectivity index (χ4n) is 2.59. The number of carbonyl (C=O) groups excluding carboxylic acids is 2. The Bertz CT molecular complexity index is 1080.